The SMILES string of the molecule is CC(C)CC(NC(=O)c1ccc(F)cc1)C1CCN(C(=O)O)CC1. The van der Waals surface area contributed by atoms with Gasteiger partial charge in [-0.25, -0.2) is 9.18 Å². The molecular formula is C18H25FN2O3. The van der Waals surface area contributed by atoms with Crippen molar-refractivity contribution in [2.75, 3.05) is 13.1 Å². The number of rotatable bonds is 5. The van der Waals surface area contributed by atoms with E-state index in [2.05, 4.69) is 19.2 Å². The number of benzene rings is 1. The average Bonchev–Trinajstić information content (AvgIpc) is 2.54. The lowest BCUT2D eigenvalue weighted by atomic mass is 9.85. The first kappa shape index (κ1) is 18.2. The standard InChI is InChI=1S/C18H25FN2O3/c1-12(2)11-16(13-7-9-21(10-8-13)18(23)24)20-17(22)14-3-5-15(19)6-4-14/h3-6,12-13,16H,7-11H2,1-2H3,(H,20,22)(H,23,24). The highest BCUT2D eigenvalue weighted by Gasteiger charge is 2.29. The Bertz CT molecular complexity index is 566. The largest absolute Gasteiger partial charge is 0.465 e. The number of carbonyl (C=O) groups is 2. The van der Waals surface area contributed by atoms with Crippen molar-refractivity contribution in [3.05, 3.63) is 35.6 Å². The average molecular weight is 336 g/mol. The molecule has 1 aromatic rings. The predicted molar refractivity (Wildman–Crippen MR) is 89.4 cm³/mol. The maximum absolute atomic E-state index is 13.0. The second-order valence-electron chi connectivity index (χ2n) is 6.82. The Morgan fingerprint density at radius 1 is 1.25 bits per heavy atom. The van der Waals surface area contributed by atoms with Crippen molar-refractivity contribution in [2.24, 2.45) is 11.8 Å². The van der Waals surface area contributed by atoms with E-state index in [0.717, 1.165) is 19.3 Å². The number of amides is 2. The van der Waals surface area contributed by atoms with Gasteiger partial charge in [0.2, 0.25) is 0 Å². The van der Waals surface area contributed by atoms with Crippen LogP contribution in [0.1, 0.15) is 43.5 Å². The van der Waals surface area contributed by atoms with E-state index in [9.17, 15) is 14.0 Å². The topological polar surface area (TPSA) is 69.6 Å². The van der Waals surface area contributed by atoms with Crippen LogP contribution in [-0.4, -0.2) is 41.1 Å². The molecule has 1 aliphatic heterocycles. The second-order valence-corrected chi connectivity index (χ2v) is 6.82. The Labute approximate surface area is 141 Å². The van der Waals surface area contributed by atoms with Crippen LogP contribution < -0.4 is 5.32 Å². The summed E-state index contributed by atoms with van der Waals surface area (Å²) in [6.07, 6.45) is 1.44. The fourth-order valence-electron chi connectivity index (χ4n) is 3.22. The molecule has 1 fully saturated rings. The summed E-state index contributed by atoms with van der Waals surface area (Å²) < 4.78 is 13.0. The van der Waals surface area contributed by atoms with Gasteiger partial charge in [-0.15, -0.1) is 0 Å². The zero-order chi connectivity index (χ0) is 17.7. The molecule has 0 bridgehead atoms. The molecule has 1 aromatic carbocycles. The highest BCUT2D eigenvalue weighted by molar-refractivity contribution is 5.94. The minimum Gasteiger partial charge on any atom is -0.465 e. The fraction of sp³-hybridized carbons (Fsp3) is 0.556. The number of nitrogens with zero attached hydrogens (tertiary/aromatic N) is 1. The smallest absolute Gasteiger partial charge is 0.407 e. The van der Waals surface area contributed by atoms with E-state index in [-0.39, 0.29) is 23.7 Å². The van der Waals surface area contributed by atoms with Crippen LogP contribution in [0.25, 0.3) is 0 Å². The molecule has 0 spiro atoms. The van der Waals surface area contributed by atoms with Crippen LogP contribution in [0.5, 0.6) is 0 Å². The number of carboxylic acid groups (broad SMARTS) is 1. The molecule has 0 aromatic heterocycles. The van der Waals surface area contributed by atoms with E-state index in [1.165, 1.54) is 29.2 Å². The van der Waals surface area contributed by atoms with Crippen molar-refractivity contribution >= 4 is 12.0 Å². The Kier molecular flexibility index (Phi) is 6.17. The quantitative estimate of drug-likeness (QED) is 0.866. The summed E-state index contributed by atoms with van der Waals surface area (Å²) in [7, 11) is 0. The van der Waals surface area contributed by atoms with Crippen LogP contribution in [0.3, 0.4) is 0 Å². The monoisotopic (exact) mass is 336 g/mol. The third-order valence-corrected chi connectivity index (χ3v) is 4.53. The molecule has 1 atom stereocenters. The van der Waals surface area contributed by atoms with Crippen molar-refractivity contribution in [3.63, 3.8) is 0 Å². The fourth-order valence-corrected chi connectivity index (χ4v) is 3.22. The molecule has 2 N–H and O–H groups in total. The van der Waals surface area contributed by atoms with Gasteiger partial charge < -0.3 is 15.3 Å². The molecule has 0 radical (unpaired) electrons. The van der Waals surface area contributed by atoms with E-state index < -0.39 is 6.09 Å². The van der Waals surface area contributed by atoms with E-state index in [4.69, 9.17) is 5.11 Å². The van der Waals surface area contributed by atoms with Gasteiger partial charge in [-0.2, -0.15) is 0 Å². The summed E-state index contributed by atoms with van der Waals surface area (Å²) in [5, 5.41) is 12.1. The van der Waals surface area contributed by atoms with E-state index in [1.54, 1.807) is 0 Å². The number of hydrogen-bond acceptors (Lipinski definition) is 2. The van der Waals surface area contributed by atoms with Gasteiger partial charge >= 0.3 is 6.09 Å². The summed E-state index contributed by atoms with van der Waals surface area (Å²) in [4.78, 5) is 24.9. The molecule has 2 amide bonds. The third-order valence-electron chi connectivity index (χ3n) is 4.53. The van der Waals surface area contributed by atoms with Crippen molar-refractivity contribution in [1.29, 1.82) is 0 Å². The van der Waals surface area contributed by atoms with E-state index in [1.807, 2.05) is 0 Å². The lowest BCUT2D eigenvalue weighted by Crippen LogP contribution is -2.47. The van der Waals surface area contributed by atoms with Crippen LogP contribution in [0.15, 0.2) is 24.3 Å². The van der Waals surface area contributed by atoms with Crippen molar-refractivity contribution < 1.29 is 19.1 Å². The summed E-state index contributed by atoms with van der Waals surface area (Å²) in [6.45, 7) is 5.20. The zero-order valence-corrected chi connectivity index (χ0v) is 14.2. The van der Waals surface area contributed by atoms with Gasteiger partial charge in [0.15, 0.2) is 0 Å². The number of halogens is 1. The van der Waals surface area contributed by atoms with E-state index in [0.29, 0.717) is 24.6 Å². The first-order valence-corrected chi connectivity index (χ1v) is 8.41. The second kappa shape index (κ2) is 8.13. The van der Waals surface area contributed by atoms with Gasteiger partial charge in [-0.3, -0.25) is 4.79 Å². The van der Waals surface area contributed by atoms with Crippen molar-refractivity contribution in [2.45, 2.75) is 39.2 Å². The predicted octanol–water partition coefficient (Wildman–Crippen LogP) is 3.36. The minimum absolute atomic E-state index is 0.00139. The molecule has 24 heavy (non-hydrogen) atoms. The Hall–Kier alpha value is -2.11. The van der Waals surface area contributed by atoms with Gasteiger partial charge in [0.25, 0.3) is 5.91 Å². The van der Waals surface area contributed by atoms with E-state index >= 15 is 0 Å². The highest BCUT2D eigenvalue weighted by atomic mass is 19.1. The number of hydrogen-bond donors (Lipinski definition) is 2. The molecular weight excluding hydrogens is 311 g/mol. The van der Waals surface area contributed by atoms with Crippen LogP contribution in [0, 0.1) is 17.7 Å². The first-order chi connectivity index (χ1) is 11.4. The van der Waals surface area contributed by atoms with Gasteiger partial charge in [0.1, 0.15) is 5.82 Å². The third kappa shape index (κ3) is 4.94. The van der Waals surface area contributed by atoms with Gasteiger partial charge in [0, 0.05) is 24.7 Å². The number of carbonyl (C=O) groups excluding carboxylic acids is 1. The maximum Gasteiger partial charge on any atom is 0.407 e. The molecule has 0 saturated carbocycles. The number of likely N-dealkylation sites (tertiary alicyclic amines) is 1. The van der Waals surface area contributed by atoms with Crippen molar-refractivity contribution in [3.8, 4) is 0 Å². The van der Waals surface area contributed by atoms with Crippen LogP contribution in [0.2, 0.25) is 0 Å². The highest BCUT2D eigenvalue weighted by Crippen LogP contribution is 2.25. The molecule has 1 heterocycles. The Balaban J connectivity index is 2.01. The Morgan fingerprint density at radius 2 is 1.83 bits per heavy atom. The summed E-state index contributed by atoms with van der Waals surface area (Å²) >= 11 is 0. The molecule has 5 nitrogen and oxygen atoms in total. The van der Waals surface area contributed by atoms with Crippen LogP contribution >= 0.6 is 0 Å². The maximum atomic E-state index is 13.0. The van der Waals surface area contributed by atoms with Gasteiger partial charge in [-0.1, -0.05) is 13.8 Å². The number of nitrogens with one attached hydrogen (secondary N) is 1. The van der Waals surface area contributed by atoms with Crippen molar-refractivity contribution in [1.82, 2.24) is 10.2 Å². The summed E-state index contributed by atoms with van der Waals surface area (Å²) in [6, 6.07) is 5.50. The molecule has 1 aliphatic rings. The normalized spacial score (nSPS) is 16.9. The summed E-state index contributed by atoms with van der Waals surface area (Å²) in [5.41, 5.74) is 0.438. The molecule has 1 unspecified atom stereocenters. The molecule has 2 rings (SSSR count). The molecule has 1 saturated heterocycles. The lowest BCUT2D eigenvalue weighted by molar-refractivity contribution is 0.0865. The molecule has 6 heteroatoms. The van der Waals surface area contributed by atoms with Gasteiger partial charge in [-0.05, 0) is 55.4 Å². The van der Waals surface area contributed by atoms with Crippen LogP contribution in [-0.2, 0) is 0 Å². The summed E-state index contributed by atoms with van der Waals surface area (Å²) in [5.74, 6) is 0.0982. The zero-order valence-electron chi connectivity index (χ0n) is 14.2. The molecule has 132 valence electrons. The minimum atomic E-state index is -0.885. The van der Waals surface area contributed by atoms with Gasteiger partial charge in [0.05, 0.1) is 0 Å². The Morgan fingerprint density at radius 3 is 2.33 bits per heavy atom. The first-order valence-electron chi connectivity index (χ1n) is 8.41. The lowest BCUT2D eigenvalue weighted by Gasteiger charge is -2.36. The van der Waals surface area contributed by atoms with Crippen LogP contribution in [0.4, 0.5) is 9.18 Å². The molecule has 0 aliphatic carbocycles. The number of piperidine rings is 1.